The summed E-state index contributed by atoms with van der Waals surface area (Å²) in [5.41, 5.74) is 2.88. The Balaban J connectivity index is 1.58. The minimum Gasteiger partial charge on any atom is -0.480 e. The van der Waals surface area contributed by atoms with Crippen LogP contribution in [-0.4, -0.2) is 29.6 Å². The number of ether oxygens (including phenoxy) is 1. The Morgan fingerprint density at radius 2 is 1.67 bits per heavy atom. The van der Waals surface area contributed by atoms with Crippen LogP contribution < -0.4 is 5.32 Å². The maximum atomic E-state index is 12.4. The van der Waals surface area contributed by atoms with Crippen molar-refractivity contribution in [3.63, 3.8) is 0 Å². The molecule has 0 spiro atoms. The average molecular weight is 381 g/mol. The third-order valence-corrected chi connectivity index (χ3v) is 4.86. The van der Waals surface area contributed by atoms with E-state index < -0.39 is 17.9 Å². The fraction of sp³-hybridized carbons (Fsp3) is 0.143. The molecule has 0 saturated heterocycles. The molecule has 0 fully saturated rings. The molecule has 1 amide bonds. The van der Waals surface area contributed by atoms with Gasteiger partial charge in [-0.1, -0.05) is 60.7 Å². The van der Waals surface area contributed by atoms with Gasteiger partial charge in [-0.15, -0.1) is 11.3 Å². The standard InChI is InChI=1S/C21H19NO4S/c23-20(19-11-17(14-27-19)16-9-5-2-6-10-16)22-18(21(24)25)13-26-12-15-7-3-1-4-8-15/h1-11,14,18H,12-13H2,(H,22,23)(H,24,25). The molecule has 138 valence electrons. The Morgan fingerprint density at radius 1 is 1.00 bits per heavy atom. The number of amides is 1. The first-order valence-corrected chi connectivity index (χ1v) is 9.31. The van der Waals surface area contributed by atoms with Crippen LogP contribution >= 0.6 is 11.3 Å². The lowest BCUT2D eigenvalue weighted by atomic mass is 10.1. The lowest BCUT2D eigenvalue weighted by molar-refractivity contribution is -0.141. The SMILES string of the molecule is O=C(NC(COCc1ccccc1)C(=O)O)c1cc(-c2ccccc2)cs1. The predicted molar refractivity (Wildman–Crippen MR) is 105 cm³/mol. The van der Waals surface area contributed by atoms with Crippen LogP contribution in [0.2, 0.25) is 0 Å². The van der Waals surface area contributed by atoms with Gasteiger partial charge < -0.3 is 15.2 Å². The fourth-order valence-electron chi connectivity index (χ4n) is 2.51. The third-order valence-electron chi connectivity index (χ3n) is 3.93. The van der Waals surface area contributed by atoms with E-state index in [9.17, 15) is 14.7 Å². The van der Waals surface area contributed by atoms with Gasteiger partial charge in [-0.05, 0) is 28.1 Å². The molecular formula is C21H19NO4S. The van der Waals surface area contributed by atoms with Crippen LogP contribution in [-0.2, 0) is 16.1 Å². The van der Waals surface area contributed by atoms with Gasteiger partial charge >= 0.3 is 5.97 Å². The molecule has 0 radical (unpaired) electrons. The van der Waals surface area contributed by atoms with Gasteiger partial charge in [-0.3, -0.25) is 4.79 Å². The highest BCUT2D eigenvalue weighted by atomic mass is 32.1. The zero-order chi connectivity index (χ0) is 19.1. The fourth-order valence-corrected chi connectivity index (χ4v) is 3.33. The Kier molecular flexibility index (Phi) is 6.35. The second kappa shape index (κ2) is 9.12. The summed E-state index contributed by atoms with van der Waals surface area (Å²) in [6, 6.07) is 19.8. The highest BCUT2D eigenvalue weighted by molar-refractivity contribution is 7.12. The third kappa shape index (κ3) is 5.26. The van der Waals surface area contributed by atoms with E-state index >= 15 is 0 Å². The number of carbonyl (C=O) groups is 2. The van der Waals surface area contributed by atoms with Crippen molar-refractivity contribution in [2.24, 2.45) is 0 Å². The van der Waals surface area contributed by atoms with Crippen molar-refractivity contribution in [3.8, 4) is 11.1 Å². The molecule has 1 unspecified atom stereocenters. The molecule has 5 nitrogen and oxygen atoms in total. The van der Waals surface area contributed by atoms with Gasteiger partial charge in [-0.2, -0.15) is 0 Å². The minimum absolute atomic E-state index is 0.104. The van der Waals surface area contributed by atoms with Crippen LogP contribution in [0, 0.1) is 0 Å². The summed E-state index contributed by atoms with van der Waals surface area (Å²) in [6.45, 7) is 0.185. The molecular weight excluding hydrogens is 362 g/mol. The van der Waals surface area contributed by atoms with E-state index in [-0.39, 0.29) is 13.2 Å². The van der Waals surface area contributed by atoms with E-state index in [1.54, 1.807) is 6.07 Å². The molecule has 2 N–H and O–H groups in total. The molecule has 2 aromatic carbocycles. The summed E-state index contributed by atoms with van der Waals surface area (Å²) in [5.74, 6) is -1.55. The Morgan fingerprint density at radius 3 is 2.33 bits per heavy atom. The smallest absolute Gasteiger partial charge is 0.328 e. The largest absolute Gasteiger partial charge is 0.480 e. The number of thiophene rings is 1. The number of rotatable bonds is 8. The lowest BCUT2D eigenvalue weighted by Gasteiger charge is -2.14. The summed E-state index contributed by atoms with van der Waals surface area (Å²) in [7, 11) is 0. The van der Waals surface area contributed by atoms with Crippen LogP contribution in [0.5, 0.6) is 0 Å². The number of aliphatic carboxylic acids is 1. The number of carbonyl (C=O) groups excluding carboxylic acids is 1. The van der Waals surface area contributed by atoms with E-state index in [0.717, 1.165) is 16.7 Å². The monoisotopic (exact) mass is 381 g/mol. The summed E-state index contributed by atoms with van der Waals surface area (Å²) in [6.07, 6.45) is 0. The van der Waals surface area contributed by atoms with Gasteiger partial charge in [0, 0.05) is 0 Å². The molecule has 1 atom stereocenters. The molecule has 27 heavy (non-hydrogen) atoms. The van der Waals surface area contributed by atoms with Crippen molar-refractivity contribution in [2.75, 3.05) is 6.61 Å². The topological polar surface area (TPSA) is 75.6 Å². The van der Waals surface area contributed by atoms with E-state index in [4.69, 9.17) is 4.74 Å². The van der Waals surface area contributed by atoms with Crippen LogP contribution in [0.15, 0.2) is 72.1 Å². The number of carboxylic acids is 1. The van der Waals surface area contributed by atoms with Crippen LogP contribution in [0.3, 0.4) is 0 Å². The molecule has 6 heteroatoms. The van der Waals surface area contributed by atoms with Crippen molar-refractivity contribution >= 4 is 23.2 Å². The Bertz CT molecular complexity index is 893. The number of benzene rings is 2. The molecule has 3 aromatic rings. The van der Waals surface area contributed by atoms with Gasteiger partial charge in [0.05, 0.1) is 18.1 Å². The van der Waals surface area contributed by atoms with Gasteiger partial charge in [0.1, 0.15) is 0 Å². The quantitative estimate of drug-likeness (QED) is 0.622. The molecule has 0 saturated carbocycles. The summed E-state index contributed by atoms with van der Waals surface area (Å²) in [4.78, 5) is 24.3. The van der Waals surface area contributed by atoms with E-state index in [2.05, 4.69) is 5.32 Å². The van der Waals surface area contributed by atoms with Crippen LogP contribution in [0.25, 0.3) is 11.1 Å². The highest BCUT2D eigenvalue weighted by Gasteiger charge is 2.22. The number of carboxylic acid groups (broad SMARTS) is 1. The predicted octanol–water partition coefficient (Wildman–Crippen LogP) is 3.81. The molecule has 1 heterocycles. The van der Waals surface area contributed by atoms with Crippen molar-refractivity contribution in [1.82, 2.24) is 5.32 Å². The molecule has 0 aliphatic rings. The first-order chi connectivity index (χ1) is 13.1. The van der Waals surface area contributed by atoms with Gasteiger partial charge in [0.15, 0.2) is 6.04 Å². The first kappa shape index (κ1) is 18.8. The Labute approximate surface area is 161 Å². The van der Waals surface area contributed by atoms with Crippen molar-refractivity contribution in [1.29, 1.82) is 0 Å². The zero-order valence-electron chi connectivity index (χ0n) is 14.5. The Hall–Kier alpha value is -2.96. The van der Waals surface area contributed by atoms with E-state index in [1.165, 1.54) is 11.3 Å². The molecule has 0 bridgehead atoms. The number of hydrogen-bond donors (Lipinski definition) is 2. The van der Waals surface area contributed by atoms with E-state index in [0.29, 0.717) is 4.88 Å². The molecule has 0 aliphatic heterocycles. The number of hydrogen-bond acceptors (Lipinski definition) is 4. The van der Waals surface area contributed by atoms with Gasteiger partial charge in [0.25, 0.3) is 5.91 Å². The van der Waals surface area contributed by atoms with Gasteiger partial charge in [0.2, 0.25) is 0 Å². The normalized spacial score (nSPS) is 11.7. The van der Waals surface area contributed by atoms with Gasteiger partial charge in [-0.25, -0.2) is 4.79 Å². The molecule has 1 aromatic heterocycles. The van der Waals surface area contributed by atoms with E-state index in [1.807, 2.05) is 66.0 Å². The maximum absolute atomic E-state index is 12.4. The molecule has 0 aliphatic carbocycles. The zero-order valence-corrected chi connectivity index (χ0v) is 15.3. The van der Waals surface area contributed by atoms with Crippen LogP contribution in [0.4, 0.5) is 0 Å². The second-order valence-corrected chi connectivity index (χ2v) is 6.84. The first-order valence-electron chi connectivity index (χ1n) is 8.43. The lowest BCUT2D eigenvalue weighted by Crippen LogP contribution is -2.43. The summed E-state index contributed by atoms with van der Waals surface area (Å²) >= 11 is 1.28. The summed E-state index contributed by atoms with van der Waals surface area (Å²) < 4.78 is 5.46. The highest BCUT2D eigenvalue weighted by Crippen LogP contribution is 2.25. The average Bonchev–Trinajstić information content (AvgIpc) is 3.19. The summed E-state index contributed by atoms with van der Waals surface area (Å²) in [5, 5.41) is 13.8. The van der Waals surface area contributed by atoms with Crippen molar-refractivity contribution in [3.05, 3.63) is 82.6 Å². The molecule has 3 rings (SSSR count). The minimum atomic E-state index is -1.13. The second-order valence-electron chi connectivity index (χ2n) is 5.93. The maximum Gasteiger partial charge on any atom is 0.328 e. The number of nitrogens with one attached hydrogen (secondary N) is 1. The van der Waals surface area contributed by atoms with Crippen LogP contribution in [0.1, 0.15) is 15.2 Å². The van der Waals surface area contributed by atoms with Crippen molar-refractivity contribution < 1.29 is 19.4 Å². The van der Waals surface area contributed by atoms with Crippen molar-refractivity contribution in [2.45, 2.75) is 12.6 Å².